The second kappa shape index (κ2) is 6.38. The lowest BCUT2D eigenvalue weighted by molar-refractivity contribution is -0.117. The number of nitrogens with two attached hydrogens (primary N) is 1. The van der Waals surface area contributed by atoms with E-state index in [0.29, 0.717) is 23.0 Å². The number of hydrogen-bond donors (Lipinski definition) is 2. The number of rotatable bonds is 4. The lowest BCUT2D eigenvalue weighted by Gasteiger charge is -2.15. The highest BCUT2D eigenvalue weighted by atomic mass is 79.9. The monoisotopic (exact) mass is 318 g/mol. The fraction of sp³-hybridized carbons (Fsp3) is 0.417. The number of amides is 1. The Morgan fingerprint density at radius 1 is 1.53 bits per heavy atom. The molecule has 3 N–H and O–H groups in total. The standard InChI is InChI=1S/C12H16BrClN2O/c1-7(2)5-10(15)12(17)16-11-4-3-8(14)6-9(11)13/h3-4,6-7,10H,5,15H2,1-2H3,(H,16,17). The number of nitrogens with one attached hydrogen (secondary N) is 1. The van der Waals surface area contributed by atoms with Crippen molar-refractivity contribution in [1.82, 2.24) is 0 Å². The van der Waals surface area contributed by atoms with Crippen LogP contribution in [0.15, 0.2) is 22.7 Å². The maximum absolute atomic E-state index is 11.8. The van der Waals surface area contributed by atoms with Crippen LogP contribution in [-0.4, -0.2) is 11.9 Å². The van der Waals surface area contributed by atoms with Crippen molar-refractivity contribution in [2.45, 2.75) is 26.3 Å². The molecular weight excluding hydrogens is 304 g/mol. The molecule has 0 fully saturated rings. The van der Waals surface area contributed by atoms with Gasteiger partial charge in [-0.1, -0.05) is 25.4 Å². The van der Waals surface area contributed by atoms with Gasteiger partial charge in [0.15, 0.2) is 0 Å². The molecule has 0 aliphatic rings. The van der Waals surface area contributed by atoms with E-state index in [9.17, 15) is 4.79 Å². The minimum Gasteiger partial charge on any atom is -0.324 e. The van der Waals surface area contributed by atoms with Gasteiger partial charge in [-0.3, -0.25) is 4.79 Å². The van der Waals surface area contributed by atoms with Crippen LogP contribution in [0, 0.1) is 5.92 Å². The zero-order chi connectivity index (χ0) is 13.0. The predicted octanol–water partition coefficient (Wildman–Crippen LogP) is 3.41. The Hall–Kier alpha value is -0.580. The van der Waals surface area contributed by atoms with Gasteiger partial charge in [-0.2, -0.15) is 0 Å². The Balaban J connectivity index is 2.67. The molecule has 0 saturated heterocycles. The summed E-state index contributed by atoms with van der Waals surface area (Å²) in [5.41, 5.74) is 6.47. The van der Waals surface area contributed by atoms with Crippen LogP contribution in [-0.2, 0) is 4.79 Å². The molecule has 0 aliphatic heterocycles. The minimum absolute atomic E-state index is 0.179. The summed E-state index contributed by atoms with van der Waals surface area (Å²) in [6.07, 6.45) is 0.664. The summed E-state index contributed by atoms with van der Waals surface area (Å²) >= 11 is 9.15. The zero-order valence-electron chi connectivity index (χ0n) is 9.84. The van der Waals surface area contributed by atoms with Gasteiger partial charge in [0.1, 0.15) is 0 Å². The molecular formula is C12H16BrClN2O. The quantitative estimate of drug-likeness (QED) is 0.893. The Bertz CT molecular complexity index is 409. The molecule has 1 unspecified atom stereocenters. The first-order valence-corrected chi connectivity index (χ1v) is 6.58. The van der Waals surface area contributed by atoms with Gasteiger partial charge in [0, 0.05) is 9.50 Å². The lowest BCUT2D eigenvalue weighted by atomic mass is 10.0. The van der Waals surface area contributed by atoms with Gasteiger partial charge >= 0.3 is 0 Å². The van der Waals surface area contributed by atoms with Crippen LogP contribution < -0.4 is 11.1 Å². The van der Waals surface area contributed by atoms with Crippen molar-refractivity contribution in [3.63, 3.8) is 0 Å². The topological polar surface area (TPSA) is 55.1 Å². The Morgan fingerprint density at radius 2 is 2.18 bits per heavy atom. The first kappa shape index (κ1) is 14.5. The van der Waals surface area contributed by atoms with E-state index in [1.165, 1.54) is 0 Å². The van der Waals surface area contributed by atoms with Crippen LogP contribution >= 0.6 is 27.5 Å². The molecule has 1 aromatic rings. The summed E-state index contributed by atoms with van der Waals surface area (Å²) in [4.78, 5) is 11.8. The fourth-order valence-electron chi connectivity index (χ4n) is 1.43. The summed E-state index contributed by atoms with van der Waals surface area (Å²) in [5.74, 6) is 0.214. The minimum atomic E-state index is -0.488. The second-order valence-corrected chi connectivity index (χ2v) is 5.64. The molecule has 1 rings (SSSR count). The molecule has 1 atom stereocenters. The van der Waals surface area contributed by atoms with E-state index in [1.54, 1.807) is 18.2 Å². The molecule has 0 bridgehead atoms. The van der Waals surface area contributed by atoms with Crippen molar-refractivity contribution in [3.8, 4) is 0 Å². The van der Waals surface area contributed by atoms with Crippen LogP contribution in [0.25, 0.3) is 0 Å². The molecule has 0 saturated carbocycles. The molecule has 0 aliphatic carbocycles. The molecule has 3 nitrogen and oxygen atoms in total. The molecule has 1 amide bonds. The largest absolute Gasteiger partial charge is 0.324 e. The van der Waals surface area contributed by atoms with E-state index >= 15 is 0 Å². The van der Waals surface area contributed by atoms with E-state index in [1.807, 2.05) is 13.8 Å². The maximum atomic E-state index is 11.8. The van der Waals surface area contributed by atoms with Crippen LogP contribution in [0.2, 0.25) is 5.02 Å². The van der Waals surface area contributed by atoms with Crippen LogP contribution in [0.5, 0.6) is 0 Å². The van der Waals surface area contributed by atoms with Gasteiger partial charge in [0.05, 0.1) is 11.7 Å². The highest BCUT2D eigenvalue weighted by molar-refractivity contribution is 9.10. The Morgan fingerprint density at radius 3 is 2.71 bits per heavy atom. The molecule has 1 aromatic carbocycles. The summed E-state index contributed by atoms with van der Waals surface area (Å²) in [7, 11) is 0. The molecule has 5 heteroatoms. The van der Waals surface area contributed by atoms with Crippen molar-refractivity contribution in [1.29, 1.82) is 0 Å². The fourth-order valence-corrected chi connectivity index (χ4v) is 2.21. The highest BCUT2D eigenvalue weighted by Gasteiger charge is 2.15. The third-order valence-corrected chi connectivity index (χ3v) is 3.14. The van der Waals surface area contributed by atoms with Gasteiger partial charge in [0.2, 0.25) is 5.91 Å². The second-order valence-electron chi connectivity index (χ2n) is 4.35. The number of anilines is 1. The van der Waals surface area contributed by atoms with Gasteiger partial charge in [-0.05, 0) is 46.5 Å². The first-order chi connectivity index (χ1) is 7.90. The van der Waals surface area contributed by atoms with Gasteiger partial charge in [-0.25, -0.2) is 0 Å². The number of carbonyl (C=O) groups excluding carboxylic acids is 1. The van der Waals surface area contributed by atoms with E-state index in [0.717, 1.165) is 4.47 Å². The van der Waals surface area contributed by atoms with Crippen molar-refractivity contribution in [2.75, 3.05) is 5.32 Å². The number of hydrogen-bond acceptors (Lipinski definition) is 2. The highest BCUT2D eigenvalue weighted by Crippen LogP contribution is 2.26. The SMILES string of the molecule is CC(C)CC(N)C(=O)Nc1ccc(Cl)cc1Br. The predicted molar refractivity (Wildman–Crippen MR) is 75.2 cm³/mol. The maximum Gasteiger partial charge on any atom is 0.241 e. The summed E-state index contributed by atoms with van der Waals surface area (Å²) in [6, 6.07) is 4.70. The third-order valence-electron chi connectivity index (χ3n) is 2.25. The number of carbonyl (C=O) groups is 1. The first-order valence-electron chi connectivity index (χ1n) is 5.41. The van der Waals surface area contributed by atoms with Gasteiger partial charge in [0.25, 0.3) is 0 Å². The zero-order valence-corrected chi connectivity index (χ0v) is 12.2. The third kappa shape index (κ3) is 4.66. The summed E-state index contributed by atoms with van der Waals surface area (Å²) in [5, 5.41) is 3.39. The van der Waals surface area contributed by atoms with Gasteiger partial charge < -0.3 is 11.1 Å². The molecule has 0 radical (unpaired) electrons. The van der Waals surface area contributed by atoms with E-state index in [-0.39, 0.29) is 5.91 Å². The average molecular weight is 320 g/mol. The lowest BCUT2D eigenvalue weighted by Crippen LogP contribution is -2.36. The van der Waals surface area contributed by atoms with Crippen LogP contribution in [0.4, 0.5) is 5.69 Å². The van der Waals surface area contributed by atoms with Crippen molar-refractivity contribution in [3.05, 3.63) is 27.7 Å². The van der Waals surface area contributed by atoms with E-state index < -0.39 is 6.04 Å². The summed E-state index contributed by atoms with van der Waals surface area (Å²) in [6.45, 7) is 4.07. The number of benzene rings is 1. The van der Waals surface area contributed by atoms with Crippen molar-refractivity contribution < 1.29 is 4.79 Å². The molecule has 0 aromatic heterocycles. The normalized spacial score (nSPS) is 12.6. The molecule has 0 spiro atoms. The molecule has 94 valence electrons. The Kier molecular flexibility index (Phi) is 5.43. The molecule has 17 heavy (non-hydrogen) atoms. The van der Waals surface area contributed by atoms with Gasteiger partial charge in [-0.15, -0.1) is 0 Å². The van der Waals surface area contributed by atoms with E-state index in [2.05, 4.69) is 21.2 Å². The van der Waals surface area contributed by atoms with Crippen LogP contribution in [0.3, 0.4) is 0 Å². The molecule has 0 heterocycles. The van der Waals surface area contributed by atoms with Crippen molar-refractivity contribution >= 4 is 39.1 Å². The van der Waals surface area contributed by atoms with Crippen molar-refractivity contribution in [2.24, 2.45) is 11.7 Å². The Labute approximate surface area is 115 Å². The van der Waals surface area contributed by atoms with Crippen LogP contribution in [0.1, 0.15) is 20.3 Å². The van der Waals surface area contributed by atoms with E-state index in [4.69, 9.17) is 17.3 Å². The average Bonchev–Trinajstić information content (AvgIpc) is 2.21. The smallest absolute Gasteiger partial charge is 0.241 e. The summed E-state index contributed by atoms with van der Waals surface area (Å²) < 4.78 is 0.745. The number of halogens is 2.